The van der Waals surface area contributed by atoms with Crippen molar-refractivity contribution < 1.29 is 15.0 Å². The van der Waals surface area contributed by atoms with Crippen LogP contribution in [0.3, 0.4) is 0 Å². The maximum Gasteiger partial charge on any atom is 0.311 e. The number of likely N-dealkylation sites (N-methyl/N-ethyl adjacent to an activating group) is 1. The highest BCUT2D eigenvalue weighted by Gasteiger charge is 2.49. The molecular formula is C8H10N4O3. The number of carbonyl (C=O) groups is 1. The van der Waals surface area contributed by atoms with Gasteiger partial charge in [0.25, 0.3) is 0 Å². The summed E-state index contributed by atoms with van der Waals surface area (Å²) in [4.78, 5) is 11.4. The monoisotopic (exact) mass is 210 g/mol. The highest BCUT2D eigenvalue weighted by molar-refractivity contribution is 6.12. The van der Waals surface area contributed by atoms with Crippen molar-refractivity contribution in [2.24, 2.45) is 5.10 Å². The van der Waals surface area contributed by atoms with Crippen LogP contribution in [0.25, 0.3) is 0 Å². The minimum atomic E-state index is -2.60. The van der Waals surface area contributed by atoms with E-state index in [-0.39, 0.29) is 12.4 Å². The molecule has 0 aromatic carbocycles. The maximum absolute atomic E-state index is 11.4. The van der Waals surface area contributed by atoms with E-state index in [1.54, 1.807) is 13.0 Å². The lowest BCUT2D eigenvalue weighted by atomic mass is 10.2. The fourth-order valence-electron chi connectivity index (χ4n) is 1.32. The van der Waals surface area contributed by atoms with Crippen LogP contribution in [0.15, 0.2) is 23.6 Å². The maximum atomic E-state index is 11.4. The van der Waals surface area contributed by atoms with Crippen LogP contribution in [-0.2, 0) is 4.79 Å². The van der Waals surface area contributed by atoms with Gasteiger partial charge in [-0.3, -0.25) is 4.79 Å². The van der Waals surface area contributed by atoms with E-state index in [0.29, 0.717) is 0 Å². The van der Waals surface area contributed by atoms with Crippen LogP contribution in [0.4, 0.5) is 0 Å². The van der Waals surface area contributed by atoms with Crippen LogP contribution in [0, 0.1) is 0 Å². The fourth-order valence-corrected chi connectivity index (χ4v) is 1.32. The SMILES string of the molecule is CCN1N=C(n2cccn2)C(O)(O)C1=O. The van der Waals surface area contributed by atoms with Crippen molar-refractivity contribution in [1.82, 2.24) is 14.8 Å². The first kappa shape index (κ1) is 9.81. The van der Waals surface area contributed by atoms with E-state index in [9.17, 15) is 15.0 Å². The normalized spacial score (nSPS) is 19.5. The Balaban J connectivity index is 2.44. The number of carbonyl (C=O) groups excluding carboxylic acids is 1. The first-order valence-electron chi connectivity index (χ1n) is 4.43. The third-order valence-corrected chi connectivity index (χ3v) is 2.08. The number of rotatable bonds is 1. The highest BCUT2D eigenvalue weighted by atomic mass is 16.5. The molecule has 1 aliphatic heterocycles. The third-order valence-electron chi connectivity index (χ3n) is 2.08. The second-order valence-electron chi connectivity index (χ2n) is 3.07. The minimum absolute atomic E-state index is 0.209. The topological polar surface area (TPSA) is 91.0 Å². The van der Waals surface area contributed by atoms with Gasteiger partial charge in [-0.25, -0.2) is 9.69 Å². The van der Waals surface area contributed by atoms with Crippen molar-refractivity contribution in [3.05, 3.63) is 18.5 Å². The van der Waals surface area contributed by atoms with Gasteiger partial charge in [-0.05, 0) is 13.0 Å². The number of hydrogen-bond donors (Lipinski definition) is 2. The predicted octanol–water partition coefficient (Wildman–Crippen LogP) is -1.41. The van der Waals surface area contributed by atoms with E-state index in [4.69, 9.17) is 0 Å². The van der Waals surface area contributed by atoms with Crippen molar-refractivity contribution in [3.8, 4) is 0 Å². The summed E-state index contributed by atoms with van der Waals surface area (Å²) in [5, 5.41) is 27.7. The number of amides is 1. The van der Waals surface area contributed by atoms with E-state index in [0.717, 1.165) is 9.69 Å². The van der Waals surface area contributed by atoms with E-state index < -0.39 is 11.7 Å². The zero-order chi connectivity index (χ0) is 11.1. The van der Waals surface area contributed by atoms with Gasteiger partial charge in [0.1, 0.15) is 0 Å². The van der Waals surface area contributed by atoms with Crippen LogP contribution < -0.4 is 0 Å². The quantitative estimate of drug-likeness (QED) is 0.557. The van der Waals surface area contributed by atoms with Crippen molar-refractivity contribution in [2.45, 2.75) is 12.7 Å². The highest BCUT2D eigenvalue weighted by Crippen LogP contribution is 2.18. The Bertz CT molecular complexity index is 410. The zero-order valence-corrected chi connectivity index (χ0v) is 8.03. The van der Waals surface area contributed by atoms with Crippen molar-refractivity contribution in [2.75, 3.05) is 6.54 Å². The van der Waals surface area contributed by atoms with Crippen LogP contribution in [0.1, 0.15) is 6.92 Å². The molecule has 0 radical (unpaired) electrons. The first-order valence-corrected chi connectivity index (χ1v) is 4.43. The molecule has 15 heavy (non-hydrogen) atoms. The molecule has 0 saturated heterocycles. The van der Waals surface area contributed by atoms with E-state index in [1.165, 1.54) is 12.4 Å². The standard InChI is InChI=1S/C8H10N4O3/c1-2-11-7(13)8(14,15)6(10-11)12-5-3-4-9-12/h3-5,14-15H,2H2,1H3. The molecule has 1 aliphatic rings. The van der Waals surface area contributed by atoms with Gasteiger partial charge >= 0.3 is 11.7 Å². The summed E-state index contributed by atoms with van der Waals surface area (Å²) in [6, 6.07) is 1.59. The Hall–Kier alpha value is -1.73. The smallest absolute Gasteiger partial charge is 0.311 e. The summed E-state index contributed by atoms with van der Waals surface area (Å²) in [5.74, 6) is -3.67. The molecule has 80 valence electrons. The number of nitrogens with zero attached hydrogens (tertiary/aromatic N) is 4. The second kappa shape index (κ2) is 3.14. The molecule has 2 heterocycles. The number of aromatic nitrogens is 2. The Kier molecular flexibility index (Phi) is 2.06. The van der Waals surface area contributed by atoms with Gasteiger partial charge in [0.2, 0.25) is 5.84 Å². The molecule has 0 aliphatic carbocycles. The average molecular weight is 210 g/mol. The average Bonchev–Trinajstić information content (AvgIpc) is 2.76. The molecule has 2 rings (SSSR count). The van der Waals surface area contributed by atoms with E-state index >= 15 is 0 Å². The van der Waals surface area contributed by atoms with Gasteiger partial charge in [-0.1, -0.05) is 0 Å². The Labute approximate surface area is 85.2 Å². The summed E-state index contributed by atoms with van der Waals surface area (Å²) < 4.78 is 1.15. The molecule has 0 atom stereocenters. The van der Waals surface area contributed by atoms with Crippen LogP contribution >= 0.6 is 0 Å². The molecule has 0 bridgehead atoms. The van der Waals surface area contributed by atoms with Crippen LogP contribution in [-0.4, -0.2) is 49.1 Å². The van der Waals surface area contributed by atoms with Crippen molar-refractivity contribution in [1.29, 1.82) is 0 Å². The molecule has 2 N–H and O–H groups in total. The summed E-state index contributed by atoms with van der Waals surface area (Å²) in [7, 11) is 0. The van der Waals surface area contributed by atoms with E-state index in [2.05, 4.69) is 10.2 Å². The van der Waals surface area contributed by atoms with Gasteiger partial charge in [-0.2, -0.15) is 5.10 Å². The molecule has 1 aromatic rings. The van der Waals surface area contributed by atoms with Crippen LogP contribution in [0.5, 0.6) is 0 Å². The van der Waals surface area contributed by atoms with Gasteiger partial charge in [0, 0.05) is 18.9 Å². The van der Waals surface area contributed by atoms with Crippen LogP contribution in [0.2, 0.25) is 0 Å². The van der Waals surface area contributed by atoms with Crippen molar-refractivity contribution >= 4 is 11.7 Å². The summed E-state index contributed by atoms with van der Waals surface area (Å²) >= 11 is 0. The molecule has 0 spiro atoms. The molecule has 7 heteroatoms. The zero-order valence-electron chi connectivity index (χ0n) is 8.03. The minimum Gasteiger partial charge on any atom is -0.352 e. The first-order chi connectivity index (χ1) is 7.07. The molecule has 0 fully saturated rings. The summed E-state index contributed by atoms with van der Waals surface area (Å²) in [6.45, 7) is 1.95. The molecule has 0 saturated carbocycles. The number of hydrogen-bond acceptors (Lipinski definition) is 5. The lowest BCUT2D eigenvalue weighted by Crippen LogP contribution is -2.48. The van der Waals surface area contributed by atoms with E-state index in [1.807, 2.05) is 0 Å². The summed E-state index contributed by atoms with van der Waals surface area (Å²) in [6.07, 6.45) is 2.93. The lowest BCUT2D eigenvalue weighted by molar-refractivity contribution is -0.168. The van der Waals surface area contributed by atoms with Gasteiger partial charge < -0.3 is 10.2 Å². The van der Waals surface area contributed by atoms with Gasteiger partial charge in [-0.15, -0.1) is 5.10 Å². The second-order valence-corrected chi connectivity index (χ2v) is 3.07. The molecule has 1 amide bonds. The molecule has 7 nitrogen and oxygen atoms in total. The predicted molar refractivity (Wildman–Crippen MR) is 49.6 cm³/mol. The van der Waals surface area contributed by atoms with Crippen molar-refractivity contribution in [3.63, 3.8) is 0 Å². The largest absolute Gasteiger partial charge is 0.352 e. The van der Waals surface area contributed by atoms with Gasteiger partial charge in [0.05, 0.1) is 0 Å². The molecular weight excluding hydrogens is 200 g/mol. The number of aliphatic hydroxyl groups is 2. The fraction of sp³-hybridized carbons (Fsp3) is 0.375. The Morgan fingerprint density at radius 1 is 1.53 bits per heavy atom. The number of hydrazone groups is 1. The molecule has 1 aromatic heterocycles. The van der Waals surface area contributed by atoms with Gasteiger partial charge in [0.15, 0.2) is 0 Å². The summed E-state index contributed by atoms with van der Waals surface area (Å²) in [5.41, 5.74) is 0. The Morgan fingerprint density at radius 3 is 2.73 bits per heavy atom. The molecule has 0 unspecified atom stereocenters. The third kappa shape index (κ3) is 1.32. The lowest BCUT2D eigenvalue weighted by Gasteiger charge is -2.15. The Morgan fingerprint density at radius 2 is 2.27 bits per heavy atom.